The number of aliphatic hydroxyl groups is 1. The van der Waals surface area contributed by atoms with Crippen molar-refractivity contribution >= 4 is 35.0 Å². The van der Waals surface area contributed by atoms with E-state index in [-0.39, 0.29) is 53.1 Å². The van der Waals surface area contributed by atoms with E-state index in [4.69, 9.17) is 20.8 Å². The molecule has 8 heteroatoms. The van der Waals surface area contributed by atoms with E-state index in [0.717, 1.165) is 13.0 Å². The highest BCUT2D eigenvalue weighted by Gasteiger charge is 2.37. The molecule has 3 aromatic rings. The Bertz CT molecular complexity index is 1130. The van der Waals surface area contributed by atoms with Gasteiger partial charge in [0.1, 0.15) is 28.2 Å². The maximum Gasteiger partial charge on any atom is 0.197 e. The zero-order valence-corrected chi connectivity index (χ0v) is 18.2. The number of likely N-dealkylation sites (tertiary alicyclic amines) is 1. The second kappa shape index (κ2) is 8.86. The number of rotatable bonds is 4. The standard InChI is InChI=1S/C22H22ClNO5.ClH/c1-24-8-7-13(15(24)11-25)20-19(28-2)10-17(27)21-16(26)9-18(29-22(20)21)12-5-3-4-6-14(12)23;/h3-6,9-10,13,15,25,27H,7-8,11H2,1-2H3;1H/t13-,15+;/m1./s1. The van der Waals surface area contributed by atoms with Crippen molar-refractivity contribution in [3.8, 4) is 22.8 Å². The van der Waals surface area contributed by atoms with E-state index >= 15 is 0 Å². The zero-order valence-electron chi connectivity index (χ0n) is 16.6. The van der Waals surface area contributed by atoms with Gasteiger partial charge < -0.3 is 24.3 Å². The van der Waals surface area contributed by atoms with Crippen LogP contribution in [0.25, 0.3) is 22.3 Å². The number of aromatic hydroxyl groups is 1. The smallest absolute Gasteiger partial charge is 0.197 e. The van der Waals surface area contributed by atoms with Gasteiger partial charge in [0.25, 0.3) is 0 Å². The van der Waals surface area contributed by atoms with E-state index in [9.17, 15) is 15.0 Å². The van der Waals surface area contributed by atoms with Crippen molar-refractivity contribution in [1.29, 1.82) is 0 Å². The summed E-state index contributed by atoms with van der Waals surface area (Å²) in [7, 11) is 3.45. The Kier molecular flexibility index (Phi) is 6.62. The molecule has 0 spiro atoms. The molecule has 0 bridgehead atoms. The molecule has 1 aromatic heterocycles. The lowest BCUT2D eigenvalue weighted by molar-refractivity contribution is 0.171. The summed E-state index contributed by atoms with van der Waals surface area (Å²) in [6, 6.07) is 9.73. The number of fused-ring (bicyclic) bond motifs is 1. The summed E-state index contributed by atoms with van der Waals surface area (Å²) in [5.41, 5.74) is 1.16. The van der Waals surface area contributed by atoms with Gasteiger partial charge in [0.2, 0.25) is 0 Å². The fraction of sp³-hybridized carbons (Fsp3) is 0.318. The van der Waals surface area contributed by atoms with Gasteiger partial charge in [-0.1, -0.05) is 23.7 Å². The Morgan fingerprint density at radius 3 is 2.70 bits per heavy atom. The third-order valence-corrected chi connectivity index (χ3v) is 6.05. The van der Waals surface area contributed by atoms with Crippen molar-refractivity contribution < 1.29 is 19.4 Å². The molecule has 1 fully saturated rings. The fourth-order valence-corrected chi connectivity index (χ4v) is 4.47. The lowest BCUT2D eigenvalue weighted by Gasteiger charge is -2.25. The Hall–Kier alpha value is -2.25. The highest BCUT2D eigenvalue weighted by atomic mass is 35.5. The molecule has 1 saturated heterocycles. The molecule has 4 rings (SSSR count). The average Bonchev–Trinajstić information content (AvgIpc) is 3.07. The van der Waals surface area contributed by atoms with Crippen LogP contribution in [-0.4, -0.2) is 48.5 Å². The summed E-state index contributed by atoms with van der Waals surface area (Å²) in [6.07, 6.45) is 0.762. The summed E-state index contributed by atoms with van der Waals surface area (Å²) >= 11 is 6.31. The van der Waals surface area contributed by atoms with Crippen LogP contribution in [0.15, 0.2) is 45.6 Å². The largest absolute Gasteiger partial charge is 0.507 e. The molecule has 0 aliphatic carbocycles. The third kappa shape index (κ3) is 3.65. The molecule has 0 unspecified atom stereocenters. The number of hydrogen-bond donors (Lipinski definition) is 2. The van der Waals surface area contributed by atoms with Crippen molar-refractivity contribution in [3.05, 3.63) is 57.2 Å². The number of nitrogens with zero attached hydrogens (tertiary/aromatic N) is 1. The first-order chi connectivity index (χ1) is 14.0. The van der Waals surface area contributed by atoms with Gasteiger partial charge in [-0.2, -0.15) is 0 Å². The van der Waals surface area contributed by atoms with Crippen molar-refractivity contribution in [2.24, 2.45) is 0 Å². The van der Waals surface area contributed by atoms with E-state index < -0.39 is 0 Å². The van der Waals surface area contributed by atoms with Gasteiger partial charge in [0.15, 0.2) is 5.43 Å². The monoisotopic (exact) mass is 451 g/mol. The summed E-state index contributed by atoms with van der Waals surface area (Å²) in [6.45, 7) is 0.747. The highest BCUT2D eigenvalue weighted by molar-refractivity contribution is 6.33. The van der Waals surface area contributed by atoms with Crippen LogP contribution in [0.3, 0.4) is 0 Å². The van der Waals surface area contributed by atoms with Gasteiger partial charge in [0, 0.05) is 35.2 Å². The number of hydrogen-bond acceptors (Lipinski definition) is 6. The number of benzene rings is 2. The summed E-state index contributed by atoms with van der Waals surface area (Å²) in [5.74, 6) is 0.418. The Labute approximate surface area is 185 Å². The number of methoxy groups -OCH3 is 1. The Morgan fingerprint density at radius 1 is 1.30 bits per heavy atom. The zero-order chi connectivity index (χ0) is 20.7. The predicted octanol–water partition coefficient (Wildman–Crippen LogP) is 4.03. The first-order valence-electron chi connectivity index (χ1n) is 9.40. The van der Waals surface area contributed by atoms with E-state index in [0.29, 0.717) is 27.7 Å². The van der Waals surface area contributed by atoms with E-state index in [2.05, 4.69) is 4.90 Å². The van der Waals surface area contributed by atoms with Crippen molar-refractivity contribution in [2.45, 2.75) is 18.4 Å². The molecule has 2 N–H and O–H groups in total. The van der Waals surface area contributed by atoms with Gasteiger partial charge in [-0.05, 0) is 32.1 Å². The van der Waals surface area contributed by atoms with Crippen LogP contribution in [-0.2, 0) is 0 Å². The van der Waals surface area contributed by atoms with Gasteiger partial charge in [0.05, 0.1) is 18.7 Å². The second-order valence-electron chi connectivity index (χ2n) is 7.30. The van der Waals surface area contributed by atoms with Crippen molar-refractivity contribution in [2.75, 3.05) is 27.3 Å². The number of aliphatic hydroxyl groups excluding tert-OH is 1. The van der Waals surface area contributed by atoms with Crippen molar-refractivity contribution in [1.82, 2.24) is 4.90 Å². The summed E-state index contributed by atoms with van der Waals surface area (Å²) in [4.78, 5) is 15.0. The molecule has 2 atom stereocenters. The van der Waals surface area contributed by atoms with Crippen LogP contribution in [0.2, 0.25) is 5.02 Å². The molecular weight excluding hydrogens is 429 g/mol. The van der Waals surface area contributed by atoms with Crippen LogP contribution in [0.1, 0.15) is 17.9 Å². The van der Waals surface area contributed by atoms with Crippen LogP contribution >= 0.6 is 24.0 Å². The first-order valence-corrected chi connectivity index (χ1v) is 9.77. The lowest BCUT2D eigenvalue weighted by atomic mass is 9.89. The minimum absolute atomic E-state index is 0. The summed E-state index contributed by atoms with van der Waals surface area (Å²) < 4.78 is 11.7. The molecule has 6 nitrogen and oxygen atoms in total. The average molecular weight is 452 g/mol. The highest BCUT2D eigenvalue weighted by Crippen LogP contribution is 2.44. The van der Waals surface area contributed by atoms with Crippen LogP contribution < -0.4 is 10.2 Å². The van der Waals surface area contributed by atoms with Crippen molar-refractivity contribution in [3.63, 3.8) is 0 Å². The molecule has 30 heavy (non-hydrogen) atoms. The Morgan fingerprint density at radius 2 is 2.03 bits per heavy atom. The SMILES string of the molecule is COc1cc(O)c2c(=O)cc(-c3ccccc3Cl)oc2c1[C@@H]1CCN(C)[C@H]1CO.Cl. The number of ether oxygens (including phenoxy) is 1. The molecule has 0 saturated carbocycles. The van der Waals surface area contributed by atoms with Gasteiger partial charge in [-0.3, -0.25) is 4.79 Å². The van der Waals surface area contributed by atoms with Gasteiger partial charge >= 0.3 is 0 Å². The minimum atomic E-state index is -0.366. The topological polar surface area (TPSA) is 83.1 Å². The maximum absolute atomic E-state index is 12.9. The lowest BCUT2D eigenvalue weighted by Crippen LogP contribution is -2.32. The quantitative estimate of drug-likeness (QED) is 0.622. The van der Waals surface area contributed by atoms with Crippen LogP contribution in [0.4, 0.5) is 0 Å². The molecular formula is C22H23Cl2NO5. The summed E-state index contributed by atoms with van der Waals surface area (Å²) in [5, 5.41) is 21.0. The number of halogens is 2. The minimum Gasteiger partial charge on any atom is -0.507 e. The fourth-order valence-electron chi connectivity index (χ4n) is 4.24. The van der Waals surface area contributed by atoms with Crippen LogP contribution in [0, 0.1) is 0 Å². The molecule has 1 aliphatic heterocycles. The Balaban J connectivity index is 0.00000256. The van der Waals surface area contributed by atoms with Gasteiger partial charge in [-0.25, -0.2) is 0 Å². The normalized spacial score (nSPS) is 19.1. The van der Waals surface area contributed by atoms with Crippen LogP contribution in [0.5, 0.6) is 11.5 Å². The van der Waals surface area contributed by atoms with E-state index in [1.807, 2.05) is 13.1 Å². The number of phenolic OH excluding ortho intramolecular Hbond substituents is 1. The molecule has 2 heterocycles. The molecule has 1 aliphatic rings. The molecule has 2 aromatic carbocycles. The van der Waals surface area contributed by atoms with E-state index in [1.165, 1.54) is 19.2 Å². The van der Waals surface area contributed by atoms with Gasteiger partial charge in [-0.15, -0.1) is 12.4 Å². The first kappa shape index (κ1) is 22.4. The third-order valence-electron chi connectivity index (χ3n) is 5.72. The molecule has 0 radical (unpaired) electrons. The molecule has 160 valence electrons. The van der Waals surface area contributed by atoms with E-state index in [1.54, 1.807) is 18.2 Å². The number of phenols is 1. The number of likely N-dealkylation sites (N-methyl/N-ethyl adjacent to an activating group) is 1. The second-order valence-corrected chi connectivity index (χ2v) is 7.70. The molecule has 0 amide bonds. The predicted molar refractivity (Wildman–Crippen MR) is 119 cm³/mol. The maximum atomic E-state index is 12.9.